The molecule has 0 amide bonds. The van der Waals surface area contributed by atoms with Gasteiger partial charge in [0.15, 0.2) is 0 Å². The van der Waals surface area contributed by atoms with Crippen LogP contribution < -0.4 is 5.32 Å². The minimum absolute atomic E-state index is 0.526. The van der Waals surface area contributed by atoms with Gasteiger partial charge in [-0.05, 0) is 55.0 Å². The highest BCUT2D eigenvalue weighted by Gasteiger charge is 2.56. The Morgan fingerprint density at radius 1 is 1.47 bits per heavy atom. The van der Waals surface area contributed by atoms with Crippen LogP contribution in [-0.4, -0.2) is 6.54 Å². The van der Waals surface area contributed by atoms with E-state index in [0.29, 0.717) is 6.04 Å². The highest BCUT2D eigenvalue weighted by atomic mass is 35.5. The fourth-order valence-electron chi connectivity index (χ4n) is 3.60. The van der Waals surface area contributed by atoms with Crippen LogP contribution in [0.4, 0.5) is 0 Å². The van der Waals surface area contributed by atoms with Crippen molar-refractivity contribution < 1.29 is 0 Å². The van der Waals surface area contributed by atoms with Crippen LogP contribution in [-0.2, 0) is 0 Å². The van der Waals surface area contributed by atoms with Crippen molar-refractivity contribution in [1.29, 1.82) is 0 Å². The third kappa shape index (κ3) is 2.16. The smallest absolute Gasteiger partial charge is 0.0561 e. The summed E-state index contributed by atoms with van der Waals surface area (Å²) in [6.07, 6.45) is 5.54. The summed E-state index contributed by atoms with van der Waals surface area (Å²) in [5.41, 5.74) is 0. The SMILES string of the molecule is CCCNC(c1sccc1Cl)C1C2CCCC21. The van der Waals surface area contributed by atoms with Gasteiger partial charge in [0.1, 0.15) is 0 Å². The lowest BCUT2D eigenvalue weighted by atomic mass is 10.0. The maximum atomic E-state index is 6.31. The molecule has 1 N–H and O–H groups in total. The molecule has 0 radical (unpaired) electrons. The first-order valence-electron chi connectivity index (χ1n) is 6.79. The first-order valence-corrected chi connectivity index (χ1v) is 8.05. The zero-order chi connectivity index (χ0) is 11.8. The molecule has 17 heavy (non-hydrogen) atoms. The first kappa shape index (κ1) is 12.0. The molecule has 3 atom stereocenters. The van der Waals surface area contributed by atoms with E-state index in [0.717, 1.165) is 29.3 Å². The van der Waals surface area contributed by atoms with Gasteiger partial charge in [0.2, 0.25) is 0 Å². The number of hydrogen-bond acceptors (Lipinski definition) is 2. The molecular formula is C14H20ClNS. The number of hydrogen-bond donors (Lipinski definition) is 1. The summed E-state index contributed by atoms with van der Waals surface area (Å²) in [5, 5.41) is 6.82. The number of rotatable bonds is 5. The fraction of sp³-hybridized carbons (Fsp3) is 0.714. The van der Waals surface area contributed by atoms with Gasteiger partial charge in [-0.1, -0.05) is 24.9 Å². The zero-order valence-electron chi connectivity index (χ0n) is 10.3. The number of thiophene rings is 1. The summed E-state index contributed by atoms with van der Waals surface area (Å²) >= 11 is 8.13. The van der Waals surface area contributed by atoms with Gasteiger partial charge < -0.3 is 5.32 Å². The molecule has 94 valence electrons. The molecule has 0 saturated heterocycles. The van der Waals surface area contributed by atoms with E-state index in [9.17, 15) is 0 Å². The highest BCUT2D eigenvalue weighted by Crippen LogP contribution is 2.62. The molecule has 3 unspecified atom stereocenters. The van der Waals surface area contributed by atoms with Gasteiger partial charge in [-0.2, -0.15) is 0 Å². The predicted molar refractivity (Wildman–Crippen MR) is 74.7 cm³/mol. The monoisotopic (exact) mass is 269 g/mol. The lowest BCUT2D eigenvalue weighted by molar-refractivity contribution is 0.423. The van der Waals surface area contributed by atoms with Gasteiger partial charge in [-0.15, -0.1) is 11.3 Å². The highest BCUT2D eigenvalue weighted by molar-refractivity contribution is 7.10. The second-order valence-corrected chi connectivity index (χ2v) is 6.76. The molecule has 2 saturated carbocycles. The number of fused-ring (bicyclic) bond motifs is 1. The first-order chi connectivity index (χ1) is 8.33. The Morgan fingerprint density at radius 2 is 2.24 bits per heavy atom. The predicted octanol–water partition coefficient (Wildman–Crippen LogP) is 4.49. The minimum Gasteiger partial charge on any atom is -0.309 e. The van der Waals surface area contributed by atoms with Crippen molar-refractivity contribution in [3.63, 3.8) is 0 Å². The lowest BCUT2D eigenvalue weighted by Crippen LogP contribution is -2.25. The minimum atomic E-state index is 0.526. The van der Waals surface area contributed by atoms with Gasteiger partial charge in [-0.25, -0.2) is 0 Å². The number of halogens is 1. The molecule has 0 aromatic carbocycles. The maximum Gasteiger partial charge on any atom is 0.0561 e. The zero-order valence-corrected chi connectivity index (χ0v) is 11.9. The van der Waals surface area contributed by atoms with E-state index in [2.05, 4.69) is 17.6 Å². The average molecular weight is 270 g/mol. The van der Waals surface area contributed by atoms with Crippen molar-refractivity contribution in [3.8, 4) is 0 Å². The largest absolute Gasteiger partial charge is 0.309 e. The Bertz CT molecular complexity index is 379. The Kier molecular flexibility index (Phi) is 3.47. The molecule has 2 aliphatic rings. The quantitative estimate of drug-likeness (QED) is 0.831. The van der Waals surface area contributed by atoms with E-state index >= 15 is 0 Å². The Balaban J connectivity index is 1.76. The van der Waals surface area contributed by atoms with Crippen molar-refractivity contribution in [1.82, 2.24) is 5.32 Å². The molecule has 1 nitrogen and oxygen atoms in total. The molecule has 0 aliphatic heterocycles. The molecular weight excluding hydrogens is 250 g/mol. The molecule has 1 aromatic rings. The van der Waals surface area contributed by atoms with Gasteiger partial charge >= 0.3 is 0 Å². The molecule has 3 rings (SSSR count). The topological polar surface area (TPSA) is 12.0 Å². The third-order valence-corrected chi connectivity index (χ3v) is 5.84. The van der Waals surface area contributed by atoms with Crippen molar-refractivity contribution in [2.45, 2.75) is 38.6 Å². The van der Waals surface area contributed by atoms with Gasteiger partial charge in [0.05, 0.1) is 5.02 Å². The van der Waals surface area contributed by atoms with E-state index in [1.165, 1.54) is 30.6 Å². The molecule has 3 heteroatoms. The van der Waals surface area contributed by atoms with Crippen LogP contribution in [0, 0.1) is 17.8 Å². The second-order valence-electron chi connectivity index (χ2n) is 5.40. The molecule has 0 spiro atoms. The van der Waals surface area contributed by atoms with Crippen LogP contribution in [0.15, 0.2) is 11.4 Å². The molecule has 0 bridgehead atoms. The lowest BCUT2D eigenvalue weighted by Gasteiger charge is -2.19. The second kappa shape index (κ2) is 4.91. The van der Waals surface area contributed by atoms with Crippen LogP contribution in [0.2, 0.25) is 5.02 Å². The van der Waals surface area contributed by atoms with Crippen LogP contribution in [0.1, 0.15) is 43.5 Å². The van der Waals surface area contributed by atoms with E-state index in [1.54, 1.807) is 0 Å². The Labute approximate surface area is 113 Å². The van der Waals surface area contributed by atoms with Crippen molar-refractivity contribution in [2.75, 3.05) is 6.54 Å². The van der Waals surface area contributed by atoms with E-state index in [-0.39, 0.29) is 0 Å². The third-order valence-electron chi connectivity index (χ3n) is 4.40. The molecule has 2 fully saturated rings. The van der Waals surface area contributed by atoms with E-state index in [4.69, 9.17) is 11.6 Å². The van der Waals surface area contributed by atoms with Gasteiger partial charge in [-0.3, -0.25) is 0 Å². The van der Waals surface area contributed by atoms with Gasteiger partial charge in [0.25, 0.3) is 0 Å². The van der Waals surface area contributed by atoms with Crippen molar-refractivity contribution in [3.05, 3.63) is 21.3 Å². The Morgan fingerprint density at radius 3 is 2.82 bits per heavy atom. The normalized spacial score (nSPS) is 32.5. The maximum absolute atomic E-state index is 6.31. The summed E-state index contributed by atoms with van der Waals surface area (Å²) in [6, 6.07) is 2.57. The molecule has 1 aromatic heterocycles. The van der Waals surface area contributed by atoms with Crippen LogP contribution >= 0.6 is 22.9 Å². The van der Waals surface area contributed by atoms with Crippen molar-refractivity contribution >= 4 is 22.9 Å². The standard InChI is InChI=1S/C14H20ClNS/c1-2-7-16-13(14-11(15)6-8-17-14)12-9-4-3-5-10(9)12/h6,8-10,12-13,16H,2-5,7H2,1H3. The summed E-state index contributed by atoms with van der Waals surface area (Å²) < 4.78 is 0. The Hall–Kier alpha value is -0.0500. The van der Waals surface area contributed by atoms with Crippen LogP contribution in [0.3, 0.4) is 0 Å². The van der Waals surface area contributed by atoms with Crippen molar-refractivity contribution in [2.24, 2.45) is 17.8 Å². The average Bonchev–Trinajstić information content (AvgIpc) is 2.71. The van der Waals surface area contributed by atoms with E-state index < -0.39 is 0 Å². The summed E-state index contributed by atoms with van der Waals surface area (Å²) in [7, 11) is 0. The van der Waals surface area contributed by atoms with Gasteiger partial charge in [0, 0.05) is 10.9 Å². The number of nitrogens with one attached hydrogen (secondary N) is 1. The van der Waals surface area contributed by atoms with E-state index in [1.807, 2.05) is 17.4 Å². The van der Waals surface area contributed by atoms with Crippen LogP contribution in [0.5, 0.6) is 0 Å². The summed E-state index contributed by atoms with van der Waals surface area (Å²) in [5.74, 6) is 2.84. The molecule has 2 aliphatic carbocycles. The van der Waals surface area contributed by atoms with Crippen LogP contribution in [0.25, 0.3) is 0 Å². The molecule has 1 heterocycles. The fourth-order valence-corrected chi connectivity index (χ4v) is 4.91. The summed E-state index contributed by atoms with van der Waals surface area (Å²) in [6.45, 7) is 3.34. The summed E-state index contributed by atoms with van der Waals surface area (Å²) in [4.78, 5) is 1.37.